The van der Waals surface area contributed by atoms with Crippen LogP contribution in [0.3, 0.4) is 0 Å². The number of nitrogens with zero attached hydrogens (tertiary/aromatic N) is 1. The lowest BCUT2D eigenvalue weighted by Crippen LogP contribution is -2.45. The van der Waals surface area contributed by atoms with Gasteiger partial charge < -0.3 is 5.73 Å². The number of hydrogen-bond acceptors (Lipinski definition) is 5. The molecule has 1 aliphatic rings. The minimum Gasteiger partial charge on any atom is -0.328 e. The van der Waals surface area contributed by atoms with Crippen molar-refractivity contribution in [3.05, 3.63) is 24.3 Å². The molecule has 0 amide bonds. The average molecular weight is 346 g/mol. The summed E-state index contributed by atoms with van der Waals surface area (Å²) in [5, 5.41) is 0. The van der Waals surface area contributed by atoms with Crippen molar-refractivity contribution < 1.29 is 16.8 Å². The van der Waals surface area contributed by atoms with Crippen LogP contribution in [0.2, 0.25) is 0 Å². The third-order valence-corrected chi connectivity index (χ3v) is 7.24. The van der Waals surface area contributed by atoms with Crippen LogP contribution in [0, 0.1) is 5.92 Å². The van der Waals surface area contributed by atoms with E-state index in [1.807, 2.05) is 6.92 Å². The minimum atomic E-state index is -3.84. The highest BCUT2D eigenvalue weighted by atomic mass is 32.2. The predicted octanol–water partition coefficient (Wildman–Crippen LogP) is 0.838. The number of sulfone groups is 1. The van der Waals surface area contributed by atoms with E-state index < -0.39 is 19.9 Å². The Bertz CT molecular complexity index is 742. The summed E-state index contributed by atoms with van der Waals surface area (Å²) in [5.74, 6) is 0.0916. The van der Waals surface area contributed by atoms with E-state index in [1.165, 1.54) is 28.6 Å². The summed E-state index contributed by atoms with van der Waals surface area (Å²) in [6.07, 6.45) is 2.63. The maximum absolute atomic E-state index is 12.8. The number of benzene rings is 1. The molecule has 2 atom stereocenters. The molecule has 6 nitrogen and oxygen atoms in total. The zero-order valence-corrected chi connectivity index (χ0v) is 14.4. The van der Waals surface area contributed by atoms with E-state index in [9.17, 15) is 16.8 Å². The summed E-state index contributed by atoms with van der Waals surface area (Å²) in [4.78, 5) is -0.305. The van der Waals surface area contributed by atoms with Crippen molar-refractivity contribution >= 4 is 19.9 Å². The quantitative estimate of drug-likeness (QED) is 0.871. The minimum absolute atomic E-state index is 0.0916. The maximum atomic E-state index is 12.8. The highest BCUT2D eigenvalue weighted by Gasteiger charge is 2.34. The van der Waals surface area contributed by atoms with Crippen LogP contribution < -0.4 is 5.73 Å². The highest BCUT2D eigenvalue weighted by molar-refractivity contribution is 7.93. The van der Waals surface area contributed by atoms with E-state index >= 15 is 0 Å². The Kier molecular flexibility index (Phi) is 4.96. The molecular formula is C14H22N2O4S2. The Morgan fingerprint density at radius 3 is 2.32 bits per heavy atom. The van der Waals surface area contributed by atoms with Gasteiger partial charge >= 0.3 is 0 Å². The molecule has 2 N–H and O–H groups in total. The highest BCUT2D eigenvalue weighted by Crippen LogP contribution is 2.28. The summed E-state index contributed by atoms with van der Waals surface area (Å²) < 4.78 is 50.7. The van der Waals surface area contributed by atoms with E-state index in [2.05, 4.69) is 0 Å². The smallest absolute Gasteiger partial charge is 0.244 e. The van der Waals surface area contributed by atoms with E-state index in [0.29, 0.717) is 13.1 Å². The van der Waals surface area contributed by atoms with Crippen LogP contribution in [0.4, 0.5) is 0 Å². The number of hydrogen-bond donors (Lipinski definition) is 1. The van der Waals surface area contributed by atoms with Crippen LogP contribution in [-0.2, 0) is 19.9 Å². The Balaban J connectivity index is 2.44. The van der Waals surface area contributed by atoms with Crippen molar-refractivity contribution in [2.75, 3.05) is 19.3 Å². The van der Waals surface area contributed by atoms with Crippen LogP contribution in [0.5, 0.6) is 0 Å². The molecule has 0 aliphatic carbocycles. The molecule has 22 heavy (non-hydrogen) atoms. The largest absolute Gasteiger partial charge is 0.328 e. The molecule has 0 unspecified atom stereocenters. The average Bonchev–Trinajstić information content (AvgIpc) is 2.46. The van der Waals surface area contributed by atoms with Gasteiger partial charge in [0.25, 0.3) is 0 Å². The van der Waals surface area contributed by atoms with Gasteiger partial charge in [-0.1, -0.05) is 12.1 Å². The number of piperidine rings is 1. The van der Waals surface area contributed by atoms with Crippen LogP contribution >= 0.6 is 0 Å². The lowest BCUT2D eigenvalue weighted by Gasteiger charge is -2.34. The molecule has 2 rings (SSSR count). The fraction of sp³-hybridized carbons (Fsp3) is 0.571. The van der Waals surface area contributed by atoms with Gasteiger partial charge in [0.05, 0.1) is 4.90 Å². The third-order valence-electron chi connectivity index (χ3n) is 4.03. The van der Waals surface area contributed by atoms with Crippen LogP contribution in [0.15, 0.2) is 34.1 Å². The zero-order valence-electron chi connectivity index (χ0n) is 12.8. The molecule has 0 radical (unpaired) electrons. The van der Waals surface area contributed by atoms with Crippen LogP contribution in [0.1, 0.15) is 19.8 Å². The second-order valence-electron chi connectivity index (χ2n) is 5.84. The Hall–Kier alpha value is -0.960. The van der Waals surface area contributed by atoms with Crippen molar-refractivity contribution in [2.24, 2.45) is 11.7 Å². The third kappa shape index (κ3) is 3.51. The molecule has 1 aromatic rings. The van der Waals surface area contributed by atoms with Crippen molar-refractivity contribution in [2.45, 2.75) is 35.6 Å². The van der Waals surface area contributed by atoms with Crippen molar-refractivity contribution in [1.82, 2.24) is 4.31 Å². The van der Waals surface area contributed by atoms with E-state index in [4.69, 9.17) is 5.73 Å². The summed E-state index contributed by atoms with van der Waals surface area (Å²) >= 11 is 0. The zero-order chi connectivity index (χ0) is 16.5. The second kappa shape index (κ2) is 6.27. The SMILES string of the molecule is C[C@@H](N)[C@@H]1CCCN(S(=O)(=O)c2ccccc2S(C)(=O)=O)C1. The first-order valence-electron chi connectivity index (χ1n) is 7.19. The molecule has 1 aromatic carbocycles. The standard InChI is InChI=1S/C14H22N2O4S2/c1-11(15)12-6-5-9-16(10-12)22(19,20)14-8-4-3-7-13(14)21(2,17)18/h3-4,7-8,11-12H,5-6,9-10,15H2,1-2H3/t11-,12-/m1/s1. The van der Waals surface area contributed by atoms with Gasteiger partial charge in [0.1, 0.15) is 4.90 Å². The number of nitrogens with two attached hydrogens (primary N) is 1. The molecule has 0 aromatic heterocycles. The van der Waals surface area contributed by atoms with Gasteiger partial charge in [0.2, 0.25) is 10.0 Å². The van der Waals surface area contributed by atoms with E-state index in [-0.39, 0.29) is 21.8 Å². The normalized spacial score (nSPS) is 22.4. The second-order valence-corrected chi connectivity index (χ2v) is 9.73. The molecule has 0 saturated carbocycles. The fourth-order valence-corrected chi connectivity index (χ4v) is 5.87. The van der Waals surface area contributed by atoms with Gasteiger partial charge in [0.15, 0.2) is 9.84 Å². The first kappa shape index (κ1) is 17.4. The molecule has 1 fully saturated rings. The maximum Gasteiger partial charge on any atom is 0.244 e. The van der Waals surface area contributed by atoms with Crippen LogP contribution in [-0.4, -0.2) is 46.5 Å². The lowest BCUT2D eigenvalue weighted by molar-refractivity contribution is 0.243. The first-order chi connectivity index (χ1) is 10.1. The van der Waals surface area contributed by atoms with Gasteiger partial charge in [-0.05, 0) is 37.8 Å². The van der Waals surface area contributed by atoms with E-state index in [0.717, 1.165) is 19.1 Å². The molecule has 1 heterocycles. The summed E-state index contributed by atoms with van der Waals surface area (Å²) in [7, 11) is -7.46. The Morgan fingerprint density at radius 2 is 1.77 bits per heavy atom. The van der Waals surface area contributed by atoms with Gasteiger partial charge in [-0.25, -0.2) is 16.8 Å². The van der Waals surface area contributed by atoms with E-state index in [1.54, 1.807) is 0 Å². The Labute approximate surface area is 132 Å². The van der Waals surface area contributed by atoms with Crippen molar-refractivity contribution in [1.29, 1.82) is 0 Å². The monoisotopic (exact) mass is 346 g/mol. The number of rotatable bonds is 4. The first-order valence-corrected chi connectivity index (χ1v) is 10.5. The van der Waals surface area contributed by atoms with Crippen LogP contribution in [0.25, 0.3) is 0 Å². The summed E-state index contributed by atoms with van der Waals surface area (Å²) in [6.45, 7) is 2.59. The molecule has 1 saturated heterocycles. The molecule has 0 spiro atoms. The summed E-state index contributed by atoms with van der Waals surface area (Å²) in [6, 6.07) is 5.64. The fourth-order valence-electron chi connectivity index (χ4n) is 2.73. The Morgan fingerprint density at radius 1 is 1.18 bits per heavy atom. The topological polar surface area (TPSA) is 97.5 Å². The molecule has 0 bridgehead atoms. The van der Waals surface area contributed by atoms with Gasteiger partial charge in [-0.3, -0.25) is 0 Å². The van der Waals surface area contributed by atoms with Gasteiger partial charge in [0, 0.05) is 25.4 Å². The van der Waals surface area contributed by atoms with Gasteiger partial charge in [-0.2, -0.15) is 4.31 Å². The predicted molar refractivity (Wildman–Crippen MR) is 84.7 cm³/mol. The molecular weight excluding hydrogens is 324 g/mol. The van der Waals surface area contributed by atoms with Crippen molar-refractivity contribution in [3.63, 3.8) is 0 Å². The molecule has 124 valence electrons. The molecule has 8 heteroatoms. The lowest BCUT2D eigenvalue weighted by atomic mass is 9.93. The van der Waals surface area contributed by atoms with Crippen molar-refractivity contribution in [3.8, 4) is 0 Å². The van der Waals surface area contributed by atoms with Gasteiger partial charge in [-0.15, -0.1) is 0 Å². The molecule has 1 aliphatic heterocycles. The number of sulfonamides is 1. The summed E-state index contributed by atoms with van der Waals surface area (Å²) in [5.41, 5.74) is 5.89.